The topological polar surface area (TPSA) is 43.1 Å². The molecule has 1 saturated carbocycles. The average molecular weight is 273 g/mol. The Kier molecular flexibility index (Phi) is 5.36. The van der Waals surface area contributed by atoms with Gasteiger partial charge in [-0.15, -0.1) is 0 Å². The van der Waals surface area contributed by atoms with Crippen molar-refractivity contribution in [3.05, 3.63) is 35.4 Å². The number of rotatable bonds is 5. The van der Waals surface area contributed by atoms with E-state index in [0.717, 1.165) is 24.8 Å². The lowest BCUT2D eigenvalue weighted by Gasteiger charge is -2.29. The number of hydrogen-bond donors (Lipinski definition) is 1. The molecule has 0 saturated heterocycles. The first-order valence-corrected chi connectivity index (χ1v) is 7.95. The number of ketones is 1. The van der Waals surface area contributed by atoms with Gasteiger partial charge in [0.05, 0.1) is 0 Å². The Balaban J connectivity index is 2.15. The fraction of sp³-hybridized carbons (Fsp3) is 0.611. The Morgan fingerprint density at radius 2 is 2.05 bits per heavy atom. The highest BCUT2D eigenvalue weighted by Gasteiger charge is 2.30. The standard InChI is InChI=1S/C18H27NO/c1-13(2)10-14-6-5-8-15(11-14)18(20)17-9-4-3-7-16(17)12-19/h5-6,8,11,13,16-17H,3-4,7,9-10,12,19H2,1-2H3. The summed E-state index contributed by atoms with van der Waals surface area (Å²) in [5.74, 6) is 1.45. The molecular weight excluding hydrogens is 246 g/mol. The molecule has 20 heavy (non-hydrogen) atoms. The molecule has 0 amide bonds. The van der Waals surface area contributed by atoms with E-state index in [9.17, 15) is 4.79 Å². The van der Waals surface area contributed by atoms with E-state index in [1.807, 2.05) is 12.1 Å². The summed E-state index contributed by atoms with van der Waals surface area (Å²) < 4.78 is 0. The minimum absolute atomic E-state index is 0.142. The summed E-state index contributed by atoms with van der Waals surface area (Å²) in [6.45, 7) is 5.06. The molecule has 2 atom stereocenters. The minimum atomic E-state index is 0.142. The number of Topliss-reactive ketones (excluding diaryl/α,β-unsaturated/α-hetero) is 1. The Morgan fingerprint density at radius 3 is 2.75 bits per heavy atom. The van der Waals surface area contributed by atoms with Crippen molar-refractivity contribution in [2.24, 2.45) is 23.5 Å². The van der Waals surface area contributed by atoms with Gasteiger partial charge in [-0.25, -0.2) is 0 Å². The van der Waals surface area contributed by atoms with Crippen LogP contribution in [0.5, 0.6) is 0 Å². The number of carbonyl (C=O) groups is 1. The molecule has 0 heterocycles. The lowest BCUT2D eigenvalue weighted by Crippen LogP contribution is -2.32. The van der Waals surface area contributed by atoms with Gasteiger partial charge in [-0.05, 0) is 49.3 Å². The maximum absolute atomic E-state index is 12.8. The molecule has 1 aromatic carbocycles. The monoisotopic (exact) mass is 273 g/mol. The van der Waals surface area contributed by atoms with Crippen LogP contribution in [0.15, 0.2) is 24.3 Å². The summed E-state index contributed by atoms with van der Waals surface area (Å²) in [6.07, 6.45) is 5.54. The van der Waals surface area contributed by atoms with Gasteiger partial charge >= 0.3 is 0 Å². The first-order chi connectivity index (χ1) is 9.61. The van der Waals surface area contributed by atoms with Crippen LogP contribution >= 0.6 is 0 Å². The van der Waals surface area contributed by atoms with Crippen molar-refractivity contribution < 1.29 is 4.79 Å². The lowest BCUT2D eigenvalue weighted by molar-refractivity contribution is 0.0829. The number of benzene rings is 1. The SMILES string of the molecule is CC(C)Cc1cccc(C(=O)C2CCCCC2CN)c1. The molecule has 2 unspecified atom stereocenters. The van der Waals surface area contributed by atoms with Crippen LogP contribution in [0.25, 0.3) is 0 Å². The van der Waals surface area contributed by atoms with E-state index in [1.54, 1.807) is 0 Å². The molecule has 1 aliphatic carbocycles. The van der Waals surface area contributed by atoms with Crippen molar-refractivity contribution in [3.8, 4) is 0 Å². The number of hydrogen-bond acceptors (Lipinski definition) is 2. The largest absolute Gasteiger partial charge is 0.330 e. The van der Waals surface area contributed by atoms with E-state index < -0.39 is 0 Å². The van der Waals surface area contributed by atoms with Gasteiger partial charge in [-0.3, -0.25) is 4.79 Å². The van der Waals surface area contributed by atoms with E-state index in [-0.39, 0.29) is 5.92 Å². The summed E-state index contributed by atoms with van der Waals surface area (Å²) >= 11 is 0. The van der Waals surface area contributed by atoms with Gasteiger partial charge in [0.2, 0.25) is 0 Å². The van der Waals surface area contributed by atoms with Crippen LogP contribution in [0.2, 0.25) is 0 Å². The molecular formula is C18H27NO. The smallest absolute Gasteiger partial charge is 0.166 e. The van der Waals surface area contributed by atoms with Crippen molar-refractivity contribution in [1.82, 2.24) is 0 Å². The zero-order valence-corrected chi connectivity index (χ0v) is 12.8. The molecule has 0 radical (unpaired) electrons. The third-order valence-electron chi connectivity index (χ3n) is 4.40. The summed E-state index contributed by atoms with van der Waals surface area (Å²) in [5.41, 5.74) is 8.01. The molecule has 0 aliphatic heterocycles. The number of carbonyl (C=O) groups excluding carboxylic acids is 1. The third-order valence-corrected chi connectivity index (χ3v) is 4.40. The van der Waals surface area contributed by atoms with Gasteiger partial charge in [-0.1, -0.05) is 44.9 Å². The fourth-order valence-corrected chi connectivity index (χ4v) is 3.37. The first kappa shape index (κ1) is 15.2. The van der Waals surface area contributed by atoms with Gasteiger partial charge in [0.15, 0.2) is 5.78 Å². The highest BCUT2D eigenvalue weighted by Crippen LogP contribution is 2.32. The average Bonchev–Trinajstić information content (AvgIpc) is 2.46. The van der Waals surface area contributed by atoms with Crippen LogP contribution in [0.4, 0.5) is 0 Å². The molecule has 1 aromatic rings. The molecule has 110 valence electrons. The van der Waals surface area contributed by atoms with Crippen LogP contribution in [0.1, 0.15) is 55.5 Å². The maximum atomic E-state index is 12.8. The van der Waals surface area contributed by atoms with E-state index in [2.05, 4.69) is 26.0 Å². The second-order valence-corrected chi connectivity index (χ2v) is 6.55. The van der Waals surface area contributed by atoms with E-state index >= 15 is 0 Å². The lowest BCUT2D eigenvalue weighted by atomic mass is 9.75. The predicted octanol–water partition coefficient (Wildman–Crippen LogP) is 3.83. The second kappa shape index (κ2) is 7.03. The Labute approximate surface area is 122 Å². The van der Waals surface area contributed by atoms with Crippen LogP contribution in [-0.2, 0) is 6.42 Å². The molecule has 0 bridgehead atoms. The van der Waals surface area contributed by atoms with Crippen molar-refractivity contribution in [3.63, 3.8) is 0 Å². The summed E-state index contributed by atoms with van der Waals surface area (Å²) in [6, 6.07) is 8.20. The quantitative estimate of drug-likeness (QED) is 0.828. The van der Waals surface area contributed by atoms with E-state index in [4.69, 9.17) is 5.73 Å². The molecule has 0 aromatic heterocycles. The highest BCUT2D eigenvalue weighted by atomic mass is 16.1. The van der Waals surface area contributed by atoms with E-state index in [0.29, 0.717) is 24.2 Å². The Morgan fingerprint density at radius 1 is 1.30 bits per heavy atom. The van der Waals surface area contributed by atoms with Gasteiger partial charge in [0.25, 0.3) is 0 Å². The van der Waals surface area contributed by atoms with E-state index in [1.165, 1.54) is 18.4 Å². The molecule has 2 N–H and O–H groups in total. The molecule has 1 fully saturated rings. The van der Waals surface area contributed by atoms with Gasteiger partial charge < -0.3 is 5.73 Å². The second-order valence-electron chi connectivity index (χ2n) is 6.55. The number of nitrogens with two attached hydrogens (primary N) is 1. The minimum Gasteiger partial charge on any atom is -0.330 e. The van der Waals surface area contributed by atoms with Crippen LogP contribution in [0.3, 0.4) is 0 Å². The molecule has 0 spiro atoms. The van der Waals surface area contributed by atoms with Crippen molar-refractivity contribution >= 4 is 5.78 Å². The van der Waals surface area contributed by atoms with Crippen LogP contribution < -0.4 is 5.73 Å². The molecule has 1 aliphatic rings. The normalized spacial score (nSPS) is 23.0. The van der Waals surface area contributed by atoms with Gasteiger partial charge in [0, 0.05) is 11.5 Å². The molecule has 2 heteroatoms. The third kappa shape index (κ3) is 3.69. The highest BCUT2D eigenvalue weighted by molar-refractivity contribution is 5.98. The van der Waals surface area contributed by atoms with Crippen LogP contribution in [-0.4, -0.2) is 12.3 Å². The Bertz CT molecular complexity index is 452. The zero-order valence-electron chi connectivity index (χ0n) is 12.8. The van der Waals surface area contributed by atoms with Crippen molar-refractivity contribution in [1.29, 1.82) is 0 Å². The Hall–Kier alpha value is -1.15. The summed E-state index contributed by atoms with van der Waals surface area (Å²) in [5, 5.41) is 0. The summed E-state index contributed by atoms with van der Waals surface area (Å²) in [4.78, 5) is 12.8. The summed E-state index contributed by atoms with van der Waals surface area (Å²) in [7, 11) is 0. The fourth-order valence-electron chi connectivity index (χ4n) is 3.37. The van der Waals surface area contributed by atoms with Crippen LogP contribution in [0, 0.1) is 17.8 Å². The van der Waals surface area contributed by atoms with Gasteiger partial charge in [-0.2, -0.15) is 0 Å². The molecule has 2 nitrogen and oxygen atoms in total. The van der Waals surface area contributed by atoms with Gasteiger partial charge in [0.1, 0.15) is 0 Å². The van der Waals surface area contributed by atoms with Crippen molar-refractivity contribution in [2.75, 3.05) is 6.54 Å². The maximum Gasteiger partial charge on any atom is 0.166 e. The first-order valence-electron chi connectivity index (χ1n) is 7.95. The van der Waals surface area contributed by atoms with Crippen molar-refractivity contribution in [2.45, 2.75) is 46.0 Å². The zero-order chi connectivity index (χ0) is 14.5. The molecule has 2 rings (SSSR count). The predicted molar refractivity (Wildman–Crippen MR) is 83.8 cm³/mol.